The van der Waals surface area contributed by atoms with Gasteiger partial charge in [0.05, 0.1) is 17.4 Å². The van der Waals surface area contributed by atoms with Gasteiger partial charge in [-0.3, -0.25) is 0 Å². The van der Waals surface area contributed by atoms with Crippen LogP contribution < -0.4 is 5.32 Å². The molecule has 2 aliphatic rings. The summed E-state index contributed by atoms with van der Waals surface area (Å²) in [5, 5.41) is 12.1. The van der Waals surface area contributed by atoms with Crippen molar-refractivity contribution in [3.63, 3.8) is 0 Å². The molecular weight excluding hydrogens is 224 g/mol. The lowest BCUT2D eigenvalue weighted by atomic mass is 9.83. The Bertz CT molecular complexity index is 390. The molecule has 1 aliphatic carbocycles. The van der Waals surface area contributed by atoms with Gasteiger partial charge in [-0.2, -0.15) is 0 Å². The highest BCUT2D eigenvalue weighted by Gasteiger charge is 2.26. The van der Waals surface area contributed by atoms with E-state index in [2.05, 4.69) is 27.2 Å². The van der Waals surface area contributed by atoms with Crippen LogP contribution in [0.5, 0.6) is 0 Å². The van der Waals surface area contributed by atoms with E-state index in [4.69, 9.17) is 0 Å². The van der Waals surface area contributed by atoms with Crippen LogP contribution in [-0.2, 0) is 13.0 Å². The van der Waals surface area contributed by atoms with Crippen molar-refractivity contribution in [2.45, 2.75) is 64.5 Å². The van der Waals surface area contributed by atoms with Crippen LogP contribution in [0.4, 0.5) is 0 Å². The predicted molar refractivity (Wildman–Crippen MR) is 71.3 cm³/mol. The molecule has 0 atom stereocenters. The molecule has 1 aliphatic heterocycles. The van der Waals surface area contributed by atoms with Crippen molar-refractivity contribution < 1.29 is 0 Å². The number of fused-ring (bicyclic) bond motifs is 1. The third-order valence-corrected chi connectivity index (χ3v) is 4.56. The first kappa shape index (κ1) is 12.2. The molecule has 3 rings (SSSR count). The van der Waals surface area contributed by atoms with Crippen LogP contribution in [0, 0.1) is 5.92 Å². The fourth-order valence-electron chi connectivity index (χ4n) is 3.54. The fourth-order valence-corrected chi connectivity index (χ4v) is 3.54. The molecule has 0 unspecified atom stereocenters. The van der Waals surface area contributed by atoms with Crippen molar-refractivity contribution in [1.82, 2.24) is 20.3 Å². The van der Waals surface area contributed by atoms with Gasteiger partial charge in [0.2, 0.25) is 0 Å². The number of aromatic nitrogens is 3. The minimum absolute atomic E-state index is 0.618. The maximum Gasteiger partial charge on any atom is 0.0997 e. The van der Waals surface area contributed by atoms with Gasteiger partial charge in [0, 0.05) is 19.5 Å². The minimum Gasteiger partial charge on any atom is -0.311 e. The summed E-state index contributed by atoms with van der Waals surface area (Å²) < 4.78 is 2.25. The second kappa shape index (κ2) is 5.39. The summed E-state index contributed by atoms with van der Waals surface area (Å²) in [5.41, 5.74) is 2.57. The number of hydrogen-bond donors (Lipinski definition) is 1. The molecule has 0 aromatic carbocycles. The maximum atomic E-state index is 4.42. The van der Waals surface area contributed by atoms with Gasteiger partial charge in [-0.05, 0) is 31.6 Å². The zero-order valence-electron chi connectivity index (χ0n) is 11.4. The van der Waals surface area contributed by atoms with E-state index in [9.17, 15) is 0 Å². The Morgan fingerprint density at radius 2 is 2.11 bits per heavy atom. The van der Waals surface area contributed by atoms with Gasteiger partial charge in [0.1, 0.15) is 0 Å². The van der Waals surface area contributed by atoms with E-state index in [0.29, 0.717) is 6.04 Å². The summed E-state index contributed by atoms with van der Waals surface area (Å²) in [4.78, 5) is 0. The molecular formula is C14H24N4. The van der Waals surface area contributed by atoms with Gasteiger partial charge in [0.15, 0.2) is 0 Å². The van der Waals surface area contributed by atoms with Crippen molar-refractivity contribution in [2.75, 3.05) is 6.54 Å². The number of nitrogens with zero attached hydrogens (tertiary/aromatic N) is 3. The van der Waals surface area contributed by atoms with Gasteiger partial charge >= 0.3 is 0 Å². The van der Waals surface area contributed by atoms with Crippen LogP contribution in [0.25, 0.3) is 0 Å². The second-order valence-corrected chi connectivity index (χ2v) is 5.82. The van der Waals surface area contributed by atoms with E-state index >= 15 is 0 Å². The third-order valence-electron chi connectivity index (χ3n) is 4.56. The van der Waals surface area contributed by atoms with Crippen molar-refractivity contribution >= 4 is 0 Å². The van der Waals surface area contributed by atoms with Gasteiger partial charge < -0.3 is 5.32 Å². The molecule has 100 valence electrons. The highest BCUT2D eigenvalue weighted by atomic mass is 15.4. The van der Waals surface area contributed by atoms with E-state index in [1.54, 1.807) is 0 Å². The molecule has 0 saturated heterocycles. The van der Waals surface area contributed by atoms with Crippen LogP contribution in [0.2, 0.25) is 0 Å². The van der Waals surface area contributed by atoms with Crippen LogP contribution in [-0.4, -0.2) is 21.5 Å². The van der Waals surface area contributed by atoms with Gasteiger partial charge in [-0.1, -0.05) is 25.0 Å². The molecule has 18 heavy (non-hydrogen) atoms. The summed E-state index contributed by atoms with van der Waals surface area (Å²) >= 11 is 0. The number of nitrogens with one attached hydrogen (secondary N) is 1. The lowest BCUT2D eigenvalue weighted by Crippen LogP contribution is -2.27. The second-order valence-electron chi connectivity index (χ2n) is 5.82. The molecule has 1 aromatic heterocycles. The first-order valence-corrected chi connectivity index (χ1v) is 7.52. The Morgan fingerprint density at radius 1 is 1.28 bits per heavy atom. The first-order valence-electron chi connectivity index (χ1n) is 7.52. The summed E-state index contributed by atoms with van der Waals surface area (Å²) in [6.07, 6.45) is 9.20. The maximum absolute atomic E-state index is 4.42. The minimum atomic E-state index is 0.618. The monoisotopic (exact) mass is 248 g/mol. The van der Waals surface area contributed by atoms with E-state index in [1.165, 1.54) is 49.9 Å². The van der Waals surface area contributed by atoms with Gasteiger partial charge in [0.25, 0.3) is 0 Å². The molecule has 1 saturated carbocycles. The smallest absolute Gasteiger partial charge is 0.0997 e. The lowest BCUT2D eigenvalue weighted by Gasteiger charge is -2.29. The van der Waals surface area contributed by atoms with E-state index in [0.717, 1.165) is 25.4 Å². The van der Waals surface area contributed by atoms with E-state index < -0.39 is 0 Å². The van der Waals surface area contributed by atoms with Crippen molar-refractivity contribution in [2.24, 2.45) is 5.92 Å². The third kappa shape index (κ3) is 2.30. The van der Waals surface area contributed by atoms with E-state index in [1.807, 2.05) is 0 Å². The molecule has 2 heterocycles. The Hall–Kier alpha value is -0.900. The predicted octanol–water partition coefficient (Wildman–Crippen LogP) is 2.46. The molecule has 0 radical (unpaired) electrons. The Labute approximate surface area is 109 Å². The van der Waals surface area contributed by atoms with Gasteiger partial charge in [-0.15, -0.1) is 5.10 Å². The Kier molecular flexibility index (Phi) is 3.64. The van der Waals surface area contributed by atoms with Crippen molar-refractivity contribution in [1.29, 1.82) is 0 Å². The first-order chi connectivity index (χ1) is 8.88. The average Bonchev–Trinajstić information content (AvgIpc) is 2.84. The molecule has 4 nitrogen and oxygen atoms in total. The average molecular weight is 248 g/mol. The summed E-state index contributed by atoms with van der Waals surface area (Å²) in [6.45, 7) is 4.28. The van der Waals surface area contributed by atoms with Crippen LogP contribution in [0.3, 0.4) is 0 Å². The molecule has 0 spiro atoms. The Morgan fingerprint density at radius 3 is 2.89 bits per heavy atom. The topological polar surface area (TPSA) is 42.7 Å². The standard InChI is InChI=1S/C14H24N4/c1-2-3-11-4-6-12(7-5-11)18-14-8-9-15-10-13(14)16-17-18/h11-12,15H,2-10H2,1H3. The number of rotatable bonds is 3. The quantitative estimate of drug-likeness (QED) is 0.893. The normalized spacial score (nSPS) is 28.1. The highest BCUT2D eigenvalue weighted by molar-refractivity contribution is 5.14. The molecule has 0 amide bonds. The van der Waals surface area contributed by atoms with E-state index in [-0.39, 0.29) is 0 Å². The largest absolute Gasteiger partial charge is 0.311 e. The zero-order valence-corrected chi connectivity index (χ0v) is 11.4. The summed E-state index contributed by atoms with van der Waals surface area (Å²) in [6, 6.07) is 0.618. The summed E-state index contributed by atoms with van der Waals surface area (Å²) in [7, 11) is 0. The highest BCUT2D eigenvalue weighted by Crippen LogP contribution is 2.35. The zero-order chi connectivity index (χ0) is 12.4. The van der Waals surface area contributed by atoms with Gasteiger partial charge in [-0.25, -0.2) is 4.68 Å². The van der Waals surface area contributed by atoms with Crippen LogP contribution >= 0.6 is 0 Å². The molecule has 0 bridgehead atoms. The van der Waals surface area contributed by atoms with Crippen molar-refractivity contribution in [3.8, 4) is 0 Å². The Balaban J connectivity index is 1.67. The van der Waals surface area contributed by atoms with Crippen LogP contribution in [0.15, 0.2) is 0 Å². The molecule has 4 heteroatoms. The molecule has 1 fully saturated rings. The van der Waals surface area contributed by atoms with Crippen molar-refractivity contribution in [3.05, 3.63) is 11.4 Å². The fraction of sp³-hybridized carbons (Fsp3) is 0.857. The lowest BCUT2D eigenvalue weighted by molar-refractivity contribution is 0.243. The summed E-state index contributed by atoms with van der Waals surface area (Å²) in [5.74, 6) is 0.965. The number of hydrogen-bond acceptors (Lipinski definition) is 3. The van der Waals surface area contributed by atoms with Crippen LogP contribution in [0.1, 0.15) is 62.9 Å². The molecule has 1 aromatic rings. The molecule has 1 N–H and O–H groups in total. The SMILES string of the molecule is CCCC1CCC(n2nnc3c2CCNC3)CC1.